The fourth-order valence-corrected chi connectivity index (χ4v) is 4.38. The number of carbonyl (C=O) groups excluding carboxylic acids is 3. The molecule has 1 saturated heterocycles. The molecule has 1 aliphatic heterocycles. The van der Waals surface area contributed by atoms with Crippen molar-refractivity contribution in [2.75, 3.05) is 26.1 Å². The molecule has 8 nitrogen and oxygen atoms in total. The molecule has 37 heavy (non-hydrogen) atoms. The molecule has 0 atom stereocenters. The van der Waals surface area contributed by atoms with Crippen molar-refractivity contribution in [3.63, 3.8) is 0 Å². The first-order valence-corrected chi connectivity index (χ1v) is 12.2. The maximum absolute atomic E-state index is 12.9. The Kier molecular flexibility index (Phi) is 8.05. The number of hydrogen-bond acceptors (Lipinski definition) is 7. The third-order valence-corrected chi connectivity index (χ3v) is 6.48. The molecule has 0 saturated carbocycles. The van der Waals surface area contributed by atoms with Gasteiger partial charge in [-0.3, -0.25) is 14.5 Å². The fraction of sp³-hybridized carbons (Fsp3) is 0.143. The van der Waals surface area contributed by atoms with E-state index in [9.17, 15) is 14.4 Å². The number of rotatable bonds is 7. The van der Waals surface area contributed by atoms with Gasteiger partial charge in [-0.1, -0.05) is 35.9 Å². The van der Waals surface area contributed by atoms with Crippen LogP contribution in [0.25, 0.3) is 6.08 Å². The number of methoxy groups -OCH3 is 1. The summed E-state index contributed by atoms with van der Waals surface area (Å²) in [5.74, 6) is -0.443. The Morgan fingerprint density at radius 1 is 1.03 bits per heavy atom. The summed E-state index contributed by atoms with van der Waals surface area (Å²) in [6, 6.07) is 21.3. The number of anilines is 1. The molecule has 1 fully saturated rings. The van der Waals surface area contributed by atoms with Gasteiger partial charge in [0.1, 0.15) is 5.75 Å². The molecule has 0 aromatic heterocycles. The van der Waals surface area contributed by atoms with E-state index in [1.807, 2.05) is 43.3 Å². The second kappa shape index (κ2) is 11.6. The van der Waals surface area contributed by atoms with Gasteiger partial charge >= 0.3 is 5.97 Å². The molecule has 9 heteroatoms. The lowest BCUT2D eigenvalue weighted by molar-refractivity contribution is -0.121. The predicted molar refractivity (Wildman–Crippen MR) is 145 cm³/mol. The molecule has 0 aliphatic carbocycles. The average molecular weight is 516 g/mol. The predicted octanol–water partition coefficient (Wildman–Crippen LogP) is 5.03. The van der Waals surface area contributed by atoms with Crippen molar-refractivity contribution in [1.29, 1.82) is 0 Å². The van der Waals surface area contributed by atoms with E-state index >= 15 is 0 Å². The van der Waals surface area contributed by atoms with E-state index in [-0.39, 0.29) is 18.4 Å². The van der Waals surface area contributed by atoms with E-state index < -0.39 is 5.97 Å². The van der Waals surface area contributed by atoms with Gasteiger partial charge in [-0.05, 0) is 67.2 Å². The number of nitrogens with one attached hydrogen (secondary N) is 1. The molecule has 0 unspecified atom stereocenters. The van der Waals surface area contributed by atoms with Crippen molar-refractivity contribution in [2.45, 2.75) is 6.92 Å². The normalized spacial score (nSPS) is 15.2. The topological polar surface area (TPSA) is 97.3 Å². The molecule has 0 bridgehead atoms. The van der Waals surface area contributed by atoms with Crippen LogP contribution in [0.1, 0.15) is 21.5 Å². The highest BCUT2D eigenvalue weighted by Gasteiger charge is 2.30. The van der Waals surface area contributed by atoms with Gasteiger partial charge in [0, 0.05) is 18.3 Å². The summed E-state index contributed by atoms with van der Waals surface area (Å²) >= 11 is 1.23. The van der Waals surface area contributed by atoms with Crippen molar-refractivity contribution >= 4 is 52.2 Å². The van der Waals surface area contributed by atoms with E-state index in [1.54, 1.807) is 49.5 Å². The number of amidine groups is 1. The van der Waals surface area contributed by atoms with Crippen molar-refractivity contribution in [3.05, 3.63) is 94.4 Å². The standard InChI is InChI=1S/C28H25N3O5S/c1-18-8-12-21(13-9-18)29-25(32)17-36-23-7-5-4-6-20(23)16-24-26(33)31(2)28(37-24)30-22-14-10-19(11-15-22)27(34)35-3/h4-16H,17H2,1-3H3,(H,29,32)/b24-16+,30-28?. The lowest BCUT2D eigenvalue weighted by Crippen LogP contribution is -2.23. The number of ether oxygens (including phenoxy) is 2. The van der Waals surface area contributed by atoms with E-state index in [0.717, 1.165) is 5.56 Å². The molecule has 3 aromatic rings. The van der Waals surface area contributed by atoms with Crippen LogP contribution in [0.2, 0.25) is 0 Å². The minimum absolute atomic E-state index is 0.177. The second-order valence-electron chi connectivity index (χ2n) is 8.15. The Hall–Kier alpha value is -4.37. The monoisotopic (exact) mass is 515 g/mol. The number of hydrogen-bond donors (Lipinski definition) is 1. The molecule has 1 N–H and O–H groups in total. The maximum atomic E-state index is 12.9. The SMILES string of the molecule is COC(=O)c1ccc(N=C2S/C(=C/c3ccccc3OCC(=O)Nc3ccc(C)cc3)C(=O)N2C)cc1. The van der Waals surface area contributed by atoms with Crippen LogP contribution in [0, 0.1) is 6.92 Å². The minimum Gasteiger partial charge on any atom is -0.483 e. The average Bonchev–Trinajstić information content (AvgIpc) is 3.17. The first kappa shape index (κ1) is 25.7. The van der Waals surface area contributed by atoms with Crippen molar-refractivity contribution in [3.8, 4) is 5.75 Å². The molecule has 2 amide bonds. The first-order chi connectivity index (χ1) is 17.8. The zero-order valence-electron chi connectivity index (χ0n) is 20.6. The lowest BCUT2D eigenvalue weighted by Gasteiger charge is -2.10. The molecule has 1 heterocycles. The minimum atomic E-state index is -0.430. The van der Waals surface area contributed by atoms with Gasteiger partial charge in [-0.2, -0.15) is 0 Å². The Morgan fingerprint density at radius 2 is 1.73 bits per heavy atom. The first-order valence-electron chi connectivity index (χ1n) is 11.4. The van der Waals surface area contributed by atoms with Gasteiger partial charge in [0.15, 0.2) is 11.8 Å². The van der Waals surface area contributed by atoms with Gasteiger partial charge < -0.3 is 14.8 Å². The van der Waals surface area contributed by atoms with E-state index in [2.05, 4.69) is 10.3 Å². The zero-order valence-corrected chi connectivity index (χ0v) is 21.4. The van der Waals surface area contributed by atoms with Crippen LogP contribution in [-0.2, 0) is 14.3 Å². The molecule has 3 aromatic carbocycles. The van der Waals surface area contributed by atoms with Gasteiger partial charge in [0.2, 0.25) is 0 Å². The second-order valence-corrected chi connectivity index (χ2v) is 9.16. The molecule has 188 valence electrons. The van der Waals surface area contributed by atoms with Gasteiger partial charge in [-0.15, -0.1) is 0 Å². The number of likely N-dealkylation sites (N-methyl/N-ethyl adjacent to an activating group) is 1. The number of aliphatic imine (C=N–C) groups is 1. The zero-order chi connectivity index (χ0) is 26.4. The van der Waals surface area contributed by atoms with Gasteiger partial charge in [0.05, 0.1) is 23.3 Å². The largest absolute Gasteiger partial charge is 0.483 e. The highest BCUT2D eigenvalue weighted by molar-refractivity contribution is 8.18. The summed E-state index contributed by atoms with van der Waals surface area (Å²) in [6.07, 6.45) is 1.72. The summed E-state index contributed by atoms with van der Waals surface area (Å²) in [5.41, 5.74) is 3.47. The van der Waals surface area contributed by atoms with E-state index in [1.165, 1.54) is 23.8 Å². The van der Waals surface area contributed by atoms with Crippen molar-refractivity contribution in [2.24, 2.45) is 4.99 Å². The molecular formula is C28H25N3O5S. The van der Waals surface area contributed by atoms with Crippen LogP contribution in [0.4, 0.5) is 11.4 Å². The van der Waals surface area contributed by atoms with Crippen molar-refractivity contribution in [1.82, 2.24) is 4.90 Å². The van der Waals surface area contributed by atoms with Crippen LogP contribution >= 0.6 is 11.8 Å². The molecule has 4 rings (SSSR count). The van der Waals surface area contributed by atoms with Gasteiger partial charge in [0.25, 0.3) is 11.8 Å². The number of thioether (sulfide) groups is 1. The summed E-state index contributed by atoms with van der Waals surface area (Å²) in [4.78, 5) is 43.3. The Bertz CT molecular complexity index is 1380. The van der Waals surface area contributed by atoms with E-state index in [4.69, 9.17) is 9.47 Å². The van der Waals surface area contributed by atoms with E-state index in [0.29, 0.717) is 38.3 Å². The van der Waals surface area contributed by atoms with Crippen LogP contribution in [-0.4, -0.2) is 48.6 Å². The number of carbonyl (C=O) groups is 3. The lowest BCUT2D eigenvalue weighted by atomic mass is 10.2. The van der Waals surface area contributed by atoms with Crippen molar-refractivity contribution < 1.29 is 23.9 Å². The van der Waals surface area contributed by atoms with Gasteiger partial charge in [-0.25, -0.2) is 9.79 Å². The highest BCUT2D eigenvalue weighted by Crippen LogP contribution is 2.34. The third-order valence-electron chi connectivity index (χ3n) is 5.42. The molecule has 1 aliphatic rings. The Balaban J connectivity index is 1.46. The smallest absolute Gasteiger partial charge is 0.337 e. The van der Waals surface area contributed by atoms with Crippen LogP contribution < -0.4 is 10.1 Å². The summed E-state index contributed by atoms with van der Waals surface area (Å²) in [5, 5.41) is 3.30. The third kappa shape index (κ3) is 6.45. The number of aryl methyl sites for hydroxylation is 1. The number of para-hydroxylation sites is 1. The quantitative estimate of drug-likeness (QED) is 0.350. The van der Waals surface area contributed by atoms with Crippen LogP contribution in [0.15, 0.2) is 82.7 Å². The fourth-order valence-electron chi connectivity index (χ4n) is 3.40. The summed E-state index contributed by atoms with van der Waals surface area (Å²) in [6.45, 7) is 1.80. The molecular weight excluding hydrogens is 490 g/mol. The number of benzene rings is 3. The number of esters is 1. The highest BCUT2D eigenvalue weighted by atomic mass is 32.2. The Labute approximate surface area is 219 Å². The summed E-state index contributed by atoms with van der Waals surface area (Å²) in [7, 11) is 2.97. The molecule has 0 spiro atoms. The summed E-state index contributed by atoms with van der Waals surface area (Å²) < 4.78 is 10.5. The maximum Gasteiger partial charge on any atom is 0.337 e. The van der Waals surface area contributed by atoms with Crippen LogP contribution in [0.5, 0.6) is 5.75 Å². The number of amides is 2. The number of nitrogens with zero attached hydrogens (tertiary/aromatic N) is 2. The van der Waals surface area contributed by atoms with Crippen LogP contribution in [0.3, 0.4) is 0 Å². The Morgan fingerprint density at radius 3 is 2.43 bits per heavy atom. The molecule has 0 radical (unpaired) electrons.